The van der Waals surface area contributed by atoms with Crippen molar-refractivity contribution in [2.24, 2.45) is 0 Å². The standard InChI is InChI=1S/C16H19FN4O3S/c1-24-16(23)13(7-8-25-2)18-15(22)14-10-21(20-19-14)9-11-3-5-12(17)6-4-11/h3-6,10,13H,7-9H2,1-2H3,(H,18,22). The van der Waals surface area contributed by atoms with Gasteiger partial charge < -0.3 is 10.1 Å². The van der Waals surface area contributed by atoms with E-state index in [1.165, 1.54) is 30.1 Å². The number of carbonyl (C=O) groups excluding carboxylic acids is 2. The molecule has 0 saturated heterocycles. The third-order valence-corrected chi connectivity index (χ3v) is 4.07. The van der Waals surface area contributed by atoms with E-state index in [9.17, 15) is 14.0 Å². The number of ether oxygens (including phenoxy) is 1. The van der Waals surface area contributed by atoms with Crippen LogP contribution in [0.25, 0.3) is 0 Å². The van der Waals surface area contributed by atoms with Crippen LogP contribution >= 0.6 is 11.8 Å². The van der Waals surface area contributed by atoms with E-state index in [-0.39, 0.29) is 11.5 Å². The molecule has 0 saturated carbocycles. The molecule has 0 bridgehead atoms. The normalized spacial score (nSPS) is 11.8. The minimum atomic E-state index is -0.729. The lowest BCUT2D eigenvalue weighted by Crippen LogP contribution is -2.42. The summed E-state index contributed by atoms with van der Waals surface area (Å²) in [5, 5.41) is 10.3. The molecule has 1 heterocycles. The van der Waals surface area contributed by atoms with Gasteiger partial charge in [0.2, 0.25) is 0 Å². The van der Waals surface area contributed by atoms with E-state index in [2.05, 4.69) is 15.6 Å². The number of amides is 1. The molecule has 0 aliphatic rings. The number of carbonyl (C=O) groups is 2. The van der Waals surface area contributed by atoms with Gasteiger partial charge >= 0.3 is 5.97 Å². The highest BCUT2D eigenvalue weighted by Gasteiger charge is 2.23. The van der Waals surface area contributed by atoms with Gasteiger partial charge in [-0.1, -0.05) is 17.3 Å². The van der Waals surface area contributed by atoms with Gasteiger partial charge in [0.1, 0.15) is 11.9 Å². The first-order chi connectivity index (χ1) is 12.0. The average Bonchev–Trinajstić information content (AvgIpc) is 3.08. The fourth-order valence-corrected chi connectivity index (χ4v) is 2.59. The number of esters is 1. The zero-order chi connectivity index (χ0) is 18.2. The zero-order valence-corrected chi connectivity index (χ0v) is 14.8. The van der Waals surface area contributed by atoms with E-state index in [1.54, 1.807) is 23.9 Å². The van der Waals surface area contributed by atoms with Crippen molar-refractivity contribution < 1.29 is 18.7 Å². The molecule has 2 rings (SSSR count). The van der Waals surface area contributed by atoms with Crippen molar-refractivity contribution in [2.75, 3.05) is 19.1 Å². The Hall–Kier alpha value is -2.42. The number of aromatic nitrogens is 3. The summed E-state index contributed by atoms with van der Waals surface area (Å²) in [7, 11) is 1.28. The quantitative estimate of drug-likeness (QED) is 0.713. The van der Waals surface area contributed by atoms with Gasteiger partial charge in [-0.05, 0) is 36.1 Å². The number of hydrogen-bond acceptors (Lipinski definition) is 6. The van der Waals surface area contributed by atoms with Gasteiger partial charge in [0.15, 0.2) is 5.69 Å². The summed E-state index contributed by atoms with van der Waals surface area (Å²) < 4.78 is 19.1. The second-order valence-corrected chi connectivity index (χ2v) is 6.24. The summed E-state index contributed by atoms with van der Waals surface area (Å²) >= 11 is 1.57. The van der Waals surface area contributed by atoms with Crippen molar-refractivity contribution in [2.45, 2.75) is 19.0 Å². The molecule has 134 valence electrons. The number of nitrogens with zero attached hydrogens (tertiary/aromatic N) is 3. The molecule has 1 aromatic heterocycles. The van der Waals surface area contributed by atoms with E-state index < -0.39 is 17.9 Å². The van der Waals surface area contributed by atoms with E-state index in [0.717, 1.165) is 5.56 Å². The second kappa shape index (κ2) is 9.16. The van der Waals surface area contributed by atoms with Crippen molar-refractivity contribution >= 4 is 23.6 Å². The van der Waals surface area contributed by atoms with Gasteiger partial charge in [-0.25, -0.2) is 13.9 Å². The topological polar surface area (TPSA) is 86.1 Å². The number of hydrogen-bond donors (Lipinski definition) is 1. The van der Waals surface area contributed by atoms with Gasteiger partial charge in [-0.15, -0.1) is 5.10 Å². The van der Waals surface area contributed by atoms with Crippen LogP contribution in [0.4, 0.5) is 4.39 Å². The van der Waals surface area contributed by atoms with Crippen LogP contribution < -0.4 is 5.32 Å². The van der Waals surface area contributed by atoms with Crippen LogP contribution in [-0.2, 0) is 16.1 Å². The number of methoxy groups -OCH3 is 1. The lowest BCUT2D eigenvalue weighted by atomic mass is 10.2. The first-order valence-electron chi connectivity index (χ1n) is 7.55. The predicted molar refractivity (Wildman–Crippen MR) is 91.8 cm³/mol. The Kier molecular flexibility index (Phi) is 6.93. The molecule has 0 radical (unpaired) electrons. The Morgan fingerprint density at radius 3 is 2.72 bits per heavy atom. The van der Waals surface area contributed by atoms with E-state index in [4.69, 9.17) is 4.74 Å². The fraction of sp³-hybridized carbons (Fsp3) is 0.375. The number of thioether (sulfide) groups is 1. The summed E-state index contributed by atoms with van der Waals surface area (Å²) in [6, 6.07) is 5.24. The molecule has 0 aliphatic heterocycles. The number of benzene rings is 1. The van der Waals surface area contributed by atoms with E-state index in [0.29, 0.717) is 18.7 Å². The maximum absolute atomic E-state index is 12.9. The number of halogens is 1. The average molecular weight is 366 g/mol. The third kappa shape index (κ3) is 5.56. The van der Waals surface area contributed by atoms with Crippen LogP contribution in [0.2, 0.25) is 0 Å². The number of rotatable bonds is 8. The smallest absolute Gasteiger partial charge is 0.328 e. The molecule has 0 aliphatic carbocycles. The molecular weight excluding hydrogens is 347 g/mol. The summed E-state index contributed by atoms with van der Waals surface area (Å²) in [6.07, 6.45) is 3.85. The lowest BCUT2D eigenvalue weighted by Gasteiger charge is -2.14. The third-order valence-electron chi connectivity index (χ3n) is 3.43. The maximum atomic E-state index is 12.9. The fourth-order valence-electron chi connectivity index (χ4n) is 2.12. The Morgan fingerprint density at radius 2 is 2.08 bits per heavy atom. The first-order valence-corrected chi connectivity index (χ1v) is 8.95. The SMILES string of the molecule is COC(=O)C(CCSC)NC(=O)c1cn(Cc2ccc(F)cc2)nn1. The predicted octanol–water partition coefficient (Wildman–Crippen LogP) is 1.49. The molecular formula is C16H19FN4O3S. The molecule has 9 heteroatoms. The molecule has 1 unspecified atom stereocenters. The first kappa shape index (κ1) is 18.9. The molecule has 0 spiro atoms. The Morgan fingerprint density at radius 1 is 1.36 bits per heavy atom. The van der Waals surface area contributed by atoms with Crippen molar-refractivity contribution in [3.8, 4) is 0 Å². The maximum Gasteiger partial charge on any atom is 0.328 e. The van der Waals surface area contributed by atoms with Crippen molar-refractivity contribution in [3.05, 3.63) is 47.5 Å². The van der Waals surface area contributed by atoms with Gasteiger partial charge in [-0.2, -0.15) is 11.8 Å². The summed E-state index contributed by atoms with van der Waals surface area (Å²) in [5.74, 6) is -0.610. The van der Waals surface area contributed by atoms with E-state index in [1.807, 2.05) is 6.26 Å². The minimum absolute atomic E-state index is 0.0974. The molecule has 1 N–H and O–H groups in total. The molecule has 1 aromatic carbocycles. The summed E-state index contributed by atoms with van der Waals surface area (Å²) in [6.45, 7) is 0.355. The van der Waals surface area contributed by atoms with Gasteiger partial charge in [0.05, 0.1) is 19.9 Å². The molecule has 2 aromatic rings. The highest BCUT2D eigenvalue weighted by molar-refractivity contribution is 7.98. The summed E-state index contributed by atoms with van der Waals surface area (Å²) in [4.78, 5) is 24.0. The zero-order valence-electron chi connectivity index (χ0n) is 13.9. The highest BCUT2D eigenvalue weighted by atomic mass is 32.2. The van der Waals surface area contributed by atoms with Crippen molar-refractivity contribution in [3.63, 3.8) is 0 Å². The van der Waals surface area contributed by atoms with Crippen molar-refractivity contribution in [1.82, 2.24) is 20.3 Å². The highest BCUT2D eigenvalue weighted by Crippen LogP contribution is 2.06. The van der Waals surface area contributed by atoms with Crippen LogP contribution in [0, 0.1) is 5.82 Å². The molecule has 1 amide bonds. The Balaban J connectivity index is 2.00. The Labute approximate surface area is 148 Å². The molecule has 7 nitrogen and oxygen atoms in total. The van der Waals surface area contributed by atoms with Gasteiger partial charge in [-0.3, -0.25) is 4.79 Å². The van der Waals surface area contributed by atoms with Crippen molar-refractivity contribution in [1.29, 1.82) is 0 Å². The Bertz CT molecular complexity index is 720. The molecule has 25 heavy (non-hydrogen) atoms. The van der Waals surface area contributed by atoms with Crippen LogP contribution in [-0.4, -0.2) is 52.0 Å². The van der Waals surface area contributed by atoms with Crippen LogP contribution in [0.15, 0.2) is 30.5 Å². The summed E-state index contributed by atoms with van der Waals surface area (Å²) in [5.41, 5.74) is 0.922. The lowest BCUT2D eigenvalue weighted by molar-refractivity contribution is -0.142. The largest absolute Gasteiger partial charge is 0.467 e. The molecule has 0 fully saturated rings. The van der Waals surface area contributed by atoms with Crippen LogP contribution in [0.1, 0.15) is 22.5 Å². The van der Waals surface area contributed by atoms with Crippen LogP contribution in [0.3, 0.4) is 0 Å². The van der Waals surface area contributed by atoms with E-state index >= 15 is 0 Å². The van der Waals surface area contributed by atoms with Crippen LogP contribution in [0.5, 0.6) is 0 Å². The monoisotopic (exact) mass is 366 g/mol. The van der Waals surface area contributed by atoms with Gasteiger partial charge in [0.25, 0.3) is 5.91 Å². The minimum Gasteiger partial charge on any atom is -0.467 e. The molecule has 1 atom stereocenters. The van der Waals surface area contributed by atoms with Gasteiger partial charge in [0, 0.05) is 0 Å². The number of nitrogens with one attached hydrogen (secondary N) is 1. The second-order valence-electron chi connectivity index (χ2n) is 5.26.